The summed E-state index contributed by atoms with van der Waals surface area (Å²) in [5, 5.41) is 4.04. The summed E-state index contributed by atoms with van der Waals surface area (Å²) >= 11 is 0. The average Bonchev–Trinajstić information content (AvgIpc) is 2.93. The highest BCUT2D eigenvalue weighted by atomic mass is 16.5. The molecule has 2 N–H and O–H groups in total. The van der Waals surface area contributed by atoms with Gasteiger partial charge in [-0.15, -0.1) is 0 Å². The second kappa shape index (κ2) is 4.85. The lowest BCUT2D eigenvalue weighted by molar-refractivity contribution is -0.0548. The second-order valence-electron chi connectivity index (χ2n) is 6.32. The minimum atomic E-state index is -0.336. The van der Waals surface area contributed by atoms with Crippen molar-refractivity contribution in [1.82, 2.24) is 15.0 Å². The molecule has 0 spiro atoms. The van der Waals surface area contributed by atoms with E-state index >= 15 is 0 Å². The molecule has 1 aromatic heterocycles. The van der Waals surface area contributed by atoms with E-state index in [9.17, 15) is 0 Å². The van der Waals surface area contributed by atoms with Crippen molar-refractivity contribution >= 4 is 0 Å². The number of morpholine rings is 1. The lowest BCUT2D eigenvalue weighted by atomic mass is 10.0. The number of ether oxygens (including phenoxy) is 1. The molecule has 19 heavy (non-hydrogen) atoms. The van der Waals surface area contributed by atoms with Crippen LogP contribution in [0.25, 0.3) is 0 Å². The summed E-state index contributed by atoms with van der Waals surface area (Å²) in [6.45, 7) is 6.70. The highest BCUT2D eigenvalue weighted by Crippen LogP contribution is 2.28. The molecule has 0 bridgehead atoms. The van der Waals surface area contributed by atoms with Crippen molar-refractivity contribution < 1.29 is 9.26 Å². The molecule has 3 heterocycles. The van der Waals surface area contributed by atoms with Gasteiger partial charge >= 0.3 is 0 Å². The van der Waals surface area contributed by atoms with Crippen LogP contribution < -0.4 is 5.73 Å². The molecule has 0 aromatic carbocycles. The van der Waals surface area contributed by atoms with E-state index in [2.05, 4.69) is 15.0 Å². The molecule has 2 saturated heterocycles. The molecule has 3 rings (SSSR count). The predicted molar refractivity (Wildman–Crippen MR) is 69.6 cm³/mol. The van der Waals surface area contributed by atoms with E-state index in [0.29, 0.717) is 24.2 Å². The highest BCUT2D eigenvalue weighted by molar-refractivity contribution is 4.98. The molecule has 0 radical (unpaired) electrons. The minimum absolute atomic E-state index is 0.0623. The van der Waals surface area contributed by atoms with Gasteiger partial charge in [0.1, 0.15) is 6.10 Å². The summed E-state index contributed by atoms with van der Waals surface area (Å²) in [5.74, 6) is 1.25. The summed E-state index contributed by atoms with van der Waals surface area (Å²) in [5.41, 5.74) is 5.62. The first-order valence-corrected chi connectivity index (χ1v) is 6.98. The standard InChI is InChI=1S/C13H22N4O2/c1-13(2,14)6-11-15-12(16-19-11)10-7-17-5-3-4-9(17)8-18-10/h9-10H,3-8,14H2,1-2H3. The largest absolute Gasteiger partial charge is 0.367 e. The predicted octanol–water partition coefficient (Wildman–Crippen LogP) is 0.885. The molecule has 0 amide bonds. The maximum Gasteiger partial charge on any atom is 0.228 e. The number of rotatable bonds is 3. The summed E-state index contributed by atoms with van der Waals surface area (Å²) < 4.78 is 11.1. The molecule has 1 aromatic rings. The van der Waals surface area contributed by atoms with Crippen molar-refractivity contribution in [1.29, 1.82) is 0 Å². The topological polar surface area (TPSA) is 77.4 Å². The van der Waals surface area contributed by atoms with Crippen LogP contribution in [0.2, 0.25) is 0 Å². The zero-order valence-corrected chi connectivity index (χ0v) is 11.6. The average molecular weight is 266 g/mol. The first kappa shape index (κ1) is 13.0. The Morgan fingerprint density at radius 3 is 3.11 bits per heavy atom. The number of nitrogens with two attached hydrogens (primary N) is 1. The Labute approximate surface area is 113 Å². The zero-order chi connectivity index (χ0) is 13.5. The minimum Gasteiger partial charge on any atom is -0.367 e. The maximum absolute atomic E-state index is 5.96. The molecule has 2 unspecified atom stereocenters. The molecule has 2 aliphatic heterocycles. The van der Waals surface area contributed by atoms with Gasteiger partial charge < -0.3 is 15.0 Å². The van der Waals surface area contributed by atoms with E-state index in [1.54, 1.807) is 0 Å². The molecule has 0 saturated carbocycles. The third kappa shape index (κ3) is 2.96. The summed E-state index contributed by atoms with van der Waals surface area (Å²) in [6, 6.07) is 0.589. The van der Waals surface area contributed by atoms with Crippen molar-refractivity contribution in [2.45, 2.75) is 50.8 Å². The van der Waals surface area contributed by atoms with Gasteiger partial charge in [-0.25, -0.2) is 0 Å². The van der Waals surface area contributed by atoms with E-state index in [4.69, 9.17) is 15.0 Å². The number of fused-ring (bicyclic) bond motifs is 1. The van der Waals surface area contributed by atoms with Crippen molar-refractivity contribution in [3.8, 4) is 0 Å². The summed E-state index contributed by atoms with van der Waals surface area (Å²) in [4.78, 5) is 6.89. The SMILES string of the molecule is CC(C)(N)Cc1nc(C2CN3CCCC3CO2)no1. The lowest BCUT2D eigenvalue weighted by Crippen LogP contribution is -2.42. The normalized spacial score (nSPS) is 28.6. The fourth-order valence-corrected chi connectivity index (χ4v) is 2.83. The van der Waals surface area contributed by atoms with Gasteiger partial charge in [-0.1, -0.05) is 5.16 Å². The number of nitrogens with zero attached hydrogens (tertiary/aromatic N) is 3. The summed E-state index contributed by atoms with van der Waals surface area (Å²) in [6.07, 6.45) is 3.03. The Bertz CT molecular complexity index is 440. The van der Waals surface area contributed by atoms with Crippen molar-refractivity contribution in [2.75, 3.05) is 19.7 Å². The lowest BCUT2D eigenvalue weighted by Gasteiger charge is -2.33. The third-order valence-electron chi connectivity index (χ3n) is 3.77. The quantitative estimate of drug-likeness (QED) is 0.875. The van der Waals surface area contributed by atoms with Crippen LogP contribution >= 0.6 is 0 Å². The number of hydrogen-bond donors (Lipinski definition) is 1. The van der Waals surface area contributed by atoms with Crippen molar-refractivity contribution in [2.24, 2.45) is 5.73 Å². The molecule has 106 valence electrons. The Hall–Kier alpha value is -0.980. The maximum atomic E-state index is 5.96. The summed E-state index contributed by atoms with van der Waals surface area (Å²) in [7, 11) is 0. The first-order valence-electron chi connectivity index (χ1n) is 6.98. The van der Waals surface area contributed by atoms with Crippen LogP contribution in [0.1, 0.15) is 44.5 Å². The molecule has 0 aliphatic carbocycles. The molecule has 2 fully saturated rings. The Balaban J connectivity index is 1.66. The third-order valence-corrected chi connectivity index (χ3v) is 3.77. The van der Waals surface area contributed by atoms with Gasteiger partial charge in [0.2, 0.25) is 11.7 Å². The van der Waals surface area contributed by atoms with Gasteiger partial charge in [-0.2, -0.15) is 4.98 Å². The van der Waals surface area contributed by atoms with Crippen molar-refractivity contribution in [3.05, 3.63) is 11.7 Å². The fourth-order valence-electron chi connectivity index (χ4n) is 2.83. The van der Waals surface area contributed by atoms with Gasteiger partial charge in [-0.05, 0) is 33.2 Å². The smallest absolute Gasteiger partial charge is 0.228 e. The van der Waals surface area contributed by atoms with Crippen LogP contribution in [0.15, 0.2) is 4.52 Å². The van der Waals surface area contributed by atoms with Gasteiger partial charge in [0.25, 0.3) is 0 Å². The van der Waals surface area contributed by atoms with Crippen LogP contribution in [0.5, 0.6) is 0 Å². The fraction of sp³-hybridized carbons (Fsp3) is 0.846. The van der Waals surface area contributed by atoms with E-state index < -0.39 is 0 Å². The van der Waals surface area contributed by atoms with Gasteiger partial charge in [-0.3, -0.25) is 4.90 Å². The Morgan fingerprint density at radius 2 is 2.32 bits per heavy atom. The first-order chi connectivity index (χ1) is 9.01. The second-order valence-corrected chi connectivity index (χ2v) is 6.32. The number of aromatic nitrogens is 2. The molecular weight excluding hydrogens is 244 g/mol. The van der Waals surface area contributed by atoms with Gasteiger partial charge in [0.15, 0.2) is 0 Å². The van der Waals surface area contributed by atoms with Gasteiger partial charge in [0.05, 0.1) is 6.61 Å². The van der Waals surface area contributed by atoms with Crippen LogP contribution in [-0.4, -0.2) is 46.3 Å². The Morgan fingerprint density at radius 1 is 1.47 bits per heavy atom. The van der Waals surface area contributed by atoms with Crippen LogP contribution in [0.4, 0.5) is 0 Å². The monoisotopic (exact) mass is 266 g/mol. The zero-order valence-electron chi connectivity index (χ0n) is 11.6. The Kier molecular flexibility index (Phi) is 3.32. The molecule has 2 aliphatic rings. The molecule has 6 heteroatoms. The molecule has 2 atom stereocenters. The number of hydrogen-bond acceptors (Lipinski definition) is 6. The van der Waals surface area contributed by atoms with E-state index in [-0.39, 0.29) is 11.6 Å². The van der Waals surface area contributed by atoms with Crippen LogP contribution in [-0.2, 0) is 11.2 Å². The molecular formula is C13H22N4O2. The van der Waals surface area contributed by atoms with E-state index in [0.717, 1.165) is 19.7 Å². The van der Waals surface area contributed by atoms with E-state index in [1.165, 1.54) is 12.8 Å². The van der Waals surface area contributed by atoms with E-state index in [1.807, 2.05) is 13.8 Å². The van der Waals surface area contributed by atoms with Crippen LogP contribution in [0, 0.1) is 0 Å². The molecule has 6 nitrogen and oxygen atoms in total. The van der Waals surface area contributed by atoms with Crippen LogP contribution in [0.3, 0.4) is 0 Å². The highest BCUT2D eigenvalue weighted by Gasteiger charge is 2.35. The van der Waals surface area contributed by atoms with Crippen molar-refractivity contribution in [3.63, 3.8) is 0 Å². The van der Waals surface area contributed by atoms with Gasteiger partial charge in [0, 0.05) is 24.5 Å².